The van der Waals surface area contributed by atoms with Gasteiger partial charge in [-0.2, -0.15) is 15.0 Å². The summed E-state index contributed by atoms with van der Waals surface area (Å²) in [5, 5.41) is 53.5. The summed E-state index contributed by atoms with van der Waals surface area (Å²) < 4.78 is 5.60. The molecule has 2 aromatic heterocycles. The topological polar surface area (TPSA) is 226 Å². The highest BCUT2D eigenvalue weighted by molar-refractivity contribution is 6.00. The van der Waals surface area contributed by atoms with Crippen LogP contribution in [0.25, 0.3) is 11.3 Å². The van der Waals surface area contributed by atoms with Gasteiger partial charge in [-0.05, 0) is 31.9 Å². The van der Waals surface area contributed by atoms with Crippen LogP contribution in [0.5, 0.6) is 5.75 Å². The van der Waals surface area contributed by atoms with Gasteiger partial charge in [-0.3, -0.25) is 19.7 Å². The molecule has 2 heterocycles. The highest BCUT2D eigenvalue weighted by Crippen LogP contribution is 2.37. The molecule has 0 radical (unpaired) electrons. The van der Waals surface area contributed by atoms with E-state index in [1.807, 2.05) is 0 Å². The molecule has 7 N–H and O–H groups in total. The van der Waals surface area contributed by atoms with Crippen LogP contribution < -0.4 is 26.0 Å². The second kappa shape index (κ2) is 11.4. The summed E-state index contributed by atoms with van der Waals surface area (Å²) in [6.45, 7) is 2.20. The lowest BCUT2D eigenvalue weighted by molar-refractivity contribution is -0.323. The largest absolute Gasteiger partial charge is 0.494 e. The number of methoxy groups -OCH3 is 1. The van der Waals surface area contributed by atoms with Crippen LogP contribution in [0.15, 0.2) is 30.5 Å². The van der Waals surface area contributed by atoms with Crippen LogP contribution in [-0.2, 0) is 16.1 Å². The standard InChI is InChI=1S/C23H27N9O7/c1-3-24-18(33)11-32-25-10-16(31-32)13-5-4-6-14(20(13)39-2)26-15-9-17(27-21(34)12-7-8-12)29-30-19(15)22(35)28-23(36,37)38/h4-6,9-10,12,36-38H,3,7-8,11H2,1-2H3,(H,24,33)(H,28,35)(H2,26,27,29,34). The van der Waals surface area contributed by atoms with Gasteiger partial charge in [0, 0.05) is 24.1 Å². The first-order valence-electron chi connectivity index (χ1n) is 11.9. The Morgan fingerprint density at radius 2 is 1.92 bits per heavy atom. The van der Waals surface area contributed by atoms with Gasteiger partial charge in [-0.25, -0.2) is 0 Å². The molecule has 0 saturated heterocycles. The third-order valence-electron chi connectivity index (χ3n) is 5.45. The third-order valence-corrected chi connectivity index (χ3v) is 5.45. The summed E-state index contributed by atoms with van der Waals surface area (Å²) >= 11 is 0. The van der Waals surface area contributed by atoms with Crippen LogP contribution >= 0.6 is 0 Å². The number of aliphatic hydroxyl groups is 3. The number of nitrogens with one attached hydrogen (secondary N) is 4. The number of likely N-dealkylation sites (N-methyl/N-ethyl adjacent to an activating group) is 1. The van der Waals surface area contributed by atoms with E-state index in [4.69, 9.17) is 4.74 Å². The first kappa shape index (κ1) is 27.4. The maximum Gasteiger partial charge on any atom is 0.369 e. The van der Waals surface area contributed by atoms with E-state index in [0.29, 0.717) is 23.5 Å². The lowest BCUT2D eigenvalue weighted by Gasteiger charge is -2.18. The average Bonchev–Trinajstić information content (AvgIpc) is 3.62. The van der Waals surface area contributed by atoms with Crippen LogP contribution in [-0.4, -0.2) is 78.0 Å². The number of carbonyl (C=O) groups excluding carboxylic acids is 3. The maximum atomic E-state index is 12.6. The minimum absolute atomic E-state index is 0.00631. The number of nitrogens with zero attached hydrogens (tertiary/aromatic N) is 5. The SMILES string of the molecule is CCNC(=O)Cn1ncc(-c2cccc(Nc3cc(NC(=O)C4CC4)nnc3C(=O)NC(O)(O)O)c2OC)n1. The smallest absolute Gasteiger partial charge is 0.369 e. The van der Waals surface area contributed by atoms with Gasteiger partial charge in [-0.15, -0.1) is 10.2 Å². The van der Waals surface area contributed by atoms with E-state index in [1.54, 1.807) is 30.4 Å². The van der Waals surface area contributed by atoms with Crippen molar-refractivity contribution in [3.8, 4) is 17.0 Å². The average molecular weight is 542 g/mol. The molecule has 1 fully saturated rings. The summed E-state index contributed by atoms with van der Waals surface area (Å²) in [6, 6.07) is 6.33. The van der Waals surface area contributed by atoms with Gasteiger partial charge in [0.25, 0.3) is 5.91 Å². The normalized spacial score (nSPS) is 12.9. The fraction of sp³-hybridized carbons (Fsp3) is 0.348. The van der Waals surface area contributed by atoms with Crippen LogP contribution in [0.3, 0.4) is 0 Å². The van der Waals surface area contributed by atoms with E-state index >= 15 is 0 Å². The van der Waals surface area contributed by atoms with Gasteiger partial charge in [0.05, 0.1) is 24.7 Å². The second-order valence-corrected chi connectivity index (χ2v) is 8.57. The van der Waals surface area contributed by atoms with E-state index in [0.717, 1.165) is 12.8 Å². The Morgan fingerprint density at radius 3 is 2.59 bits per heavy atom. The number of rotatable bonds is 11. The number of hydrogen-bond acceptors (Lipinski definition) is 12. The van der Waals surface area contributed by atoms with Gasteiger partial charge in [0.2, 0.25) is 11.8 Å². The van der Waals surface area contributed by atoms with E-state index < -0.39 is 17.7 Å². The van der Waals surface area contributed by atoms with Crippen molar-refractivity contribution < 1.29 is 34.4 Å². The van der Waals surface area contributed by atoms with Gasteiger partial charge in [-0.1, -0.05) is 6.07 Å². The molecule has 3 aromatic rings. The molecule has 0 unspecified atom stereocenters. The predicted molar refractivity (Wildman–Crippen MR) is 134 cm³/mol. The Kier molecular flexibility index (Phi) is 7.99. The van der Waals surface area contributed by atoms with Crippen LogP contribution in [0, 0.1) is 5.92 Å². The van der Waals surface area contributed by atoms with E-state index in [1.165, 1.54) is 24.2 Å². The van der Waals surface area contributed by atoms with Crippen molar-refractivity contribution in [2.24, 2.45) is 5.92 Å². The Hall–Kier alpha value is -4.67. The molecule has 0 spiro atoms. The molecule has 0 atom stereocenters. The lowest BCUT2D eigenvalue weighted by atomic mass is 10.1. The summed E-state index contributed by atoms with van der Waals surface area (Å²) in [5.41, 5.74) is 0.793. The highest BCUT2D eigenvalue weighted by Gasteiger charge is 2.31. The van der Waals surface area contributed by atoms with E-state index in [9.17, 15) is 29.7 Å². The molecule has 1 aromatic carbocycles. The molecule has 0 bridgehead atoms. The lowest BCUT2D eigenvalue weighted by Crippen LogP contribution is -2.48. The Labute approximate surface area is 221 Å². The second-order valence-electron chi connectivity index (χ2n) is 8.57. The molecule has 0 aliphatic heterocycles. The Morgan fingerprint density at radius 1 is 1.15 bits per heavy atom. The molecule has 39 heavy (non-hydrogen) atoms. The predicted octanol–water partition coefficient (Wildman–Crippen LogP) is -0.710. The maximum absolute atomic E-state index is 12.6. The zero-order chi connectivity index (χ0) is 28.2. The number of ether oxygens (including phenoxy) is 1. The summed E-state index contributed by atoms with van der Waals surface area (Å²) in [7, 11) is 1.42. The zero-order valence-electron chi connectivity index (χ0n) is 21.0. The fourth-order valence-electron chi connectivity index (χ4n) is 3.58. The first-order chi connectivity index (χ1) is 18.6. The van der Waals surface area contributed by atoms with Gasteiger partial charge in [0.15, 0.2) is 17.3 Å². The molecule has 1 aliphatic carbocycles. The molecule has 4 rings (SSSR count). The zero-order valence-corrected chi connectivity index (χ0v) is 21.0. The van der Waals surface area contributed by atoms with Crippen LogP contribution in [0.4, 0.5) is 17.2 Å². The van der Waals surface area contributed by atoms with Gasteiger partial charge in [0.1, 0.15) is 12.2 Å². The minimum Gasteiger partial charge on any atom is -0.494 e. The number of amides is 3. The van der Waals surface area contributed by atoms with E-state index in [-0.39, 0.29) is 41.5 Å². The summed E-state index contributed by atoms with van der Waals surface area (Å²) in [4.78, 5) is 37.9. The van der Waals surface area contributed by atoms with Crippen molar-refractivity contribution in [3.05, 3.63) is 36.2 Å². The molecule has 1 aliphatic rings. The molecular formula is C23H27N9O7. The Balaban J connectivity index is 1.67. The number of benzene rings is 1. The number of para-hydroxylation sites is 1. The molecule has 16 nitrogen and oxygen atoms in total. The molecule has 16 heteroatoms. The monoisotopic (exact) mass is 541 g/mol. The van der Waals surface area contributed by atoms with Gasteiger partial charge >= 0.3 is 6.10 Å². The number of anilines is 3. The summed E-state index contributed by atoms with van der Waals surface area (Å²) in [6.07, 6.45) is -0.530. The Bertz CT molecular complexity index is 1380. The minimum atomic E-state index is -3.51. The number of carbonyl (C=O) groups is 3. The van der Waals surface area contributed by atoms with Crippen molar-refractivity contribution in [1.82, 2.24) is 35.8 Å². The fourth-order valence-corrected chi connectivity index (χ4v) is 3.58. The molecule has 1 saturated carbocycles. The van der Waals surface area contributed by atoms with Crippen molar-refractivity contribution in [2.75, 3.05) is 24.3 Å². The van der Waals surface area contributed by atoms with Crippen molar-refractivity contribution >= 4 is 34.9 Å². The van der Waals surface area contributed by atoms with Crippen molar-refractivity contribution in [2.45, 2.75) is 32.4 Å². The molecule has 3 amide bonds. The first-order valence-corrected chi connectivity index (χ1v) is 11.9. The van der Waals surface area contributed by atoms with Crippen LogP contribution in [0.2, 0.25) is 0 Å². The third kappa shape index (κ3) is 7.01. The van der Waals surface area contributed by atoms with E-state index in [2.05, 4.69) is 36.3 Å². The molecule has 206 valence electrons. The van der Waals surface area contributed by atoms with Crippen molar-refractivity contribution in [1.29, 1.82) is 0 Å². The van der Waals surface area contributed by atoms with Gasteiger partial charge < -0.3 is 36.0 Å². The molecular weight excluding hydrogens is 514 g/mol. The number of aromatic nitrogens is 5. The highest BCUT2D eigenvalue weighted by atomic mass is 16.7. The van der Waals surface area contributed by atoms with Crippen LogP contribution in [0.1, 0.15) is 30.3 Å². The summed E-state index contributed by atoms with van der Waals surface area (Å²) in [5.74, 6) is -1.47. The number of hydrogen-bond donors (Lipinski definition) is 7. The quantitative estimate of drug-likeness (QED) is 0.149. The van der Waals surface area contributed by atoms with Crippen molar-refractivity contribution in [3.63, 3.8) is 0 Å².